The van der Waals surface area contributed by atoms with Crippen LogP contribution in [0.3, 0.4) is 0 Å². The first-order valence-electron chi connectivity index (χ1n) is 3.67. The minimum Gasteiger partial charge on any atom is -0.481 e. The Balaban J connectivity index is 4.81. The third kappa shape index (κ3) is 3.73. The summed E-state index contributed by atoms with van der Waals surface area (Å²) in [6.07, 6.45) is -3.08. The lowest BCUT2D eigenvalue weighted by molar-refractivity contribution is -0.161. The van der Waals surface area contributed by atoms with Gasteiger partial charge in [0.25, 0.3) is 5.78 Å². The van der Waals surface area contributed by atoms with Gasteiger partial charge in [-0.3, -0.25) is 14.4 Å². The molecule has 0 aliphatic rings. The number of carbonyl (C=O) groups excluding carboxylic acids is 1. The van der Waals surface area contributed by atoms with E-state index in [1.165, 1.54) is 0 Å². The second-order valence-corrected chi connectivity index (χ2v) is 2.65. The number of carboxylic acid groups (broad SMARTS) is 3. The molecule has 0 aliphatic heterocycles. The summed E-state index contributed by atoms with van der Waals surface area (Å²) in [5.41, 5.74) is 0. The van der Waals surface area contributed by atoms with E-state index < -0.39 is 42.1 Å². The molecule has 0 rings (SSSR count). The van der Waals surface area contributed by atoms with E-state index in [0.717, 1.165) is 0 Å². The first-order chi connectivity index (χ1) is 6.77. The number of Topliss-reactive ketones (excluding diaryl/α,β-unsaturated/α-hetero) is 1. The van der Waals surface area contributed by atoms with Gasteiger partial charge in [-0.1, -0.05) is 0 Å². The number of hydrogen-bond acceptors (Lipinski definition) is 5. The average molecular weight is 220 g/mol. The maximum absolute atomic E-state index is 10.8. The van der Waals surface area contributed by atoms with Crippen molar-refractivity contribution in [3.8, 4) is 0 Å². The Morgan fingerprint density at radius 1 is 1.00 bits per heavy atom. The van der Waals surface area contributed by atoms with Gasteiger partial charge in [0.05, 0.1) is 12.5 Å². The van der Waals surface area contributed by atoms with Gasteiger partial charge < -0.3 is 20.4 Å². The molecule has 8 nitrogen and oxygen atoms in total. The minimum absolute atomic E-state index is 1.02. The molecule has 0 heterocycles. The summed E-state index contributed by atoms with van der Waals surface area (Å²) in [7, 11) is 0. The molecule has 2 unspecified atom stereocenters. The van der Waals surface area contributed by atoms with Gasteiger partial charge in [0.15, 0.2) is 5.92 Å². The lowest BCUT2D eigenvalue weighted by Crippen LogP contribution is -2.40. The number of rotatable bonds is 6. The number of carboxylic acids is 3. The summed E-state index contributed by atoms with van der Waals surface area (Å²) >= 11 is 0. The highest BCUT2D eigenvalue weighted by Gasteiger charge is 2.38. The minimum atomic E-state index is -2.27. The highest BCUT2D eigenvalue weighted by Crippen LogP contribution is 2.10. The molecule has 0 saturated heterocycles. The maximum Gasteiger partial charge on any atom is 0.373 e. The van der Waals surface area contributed by atoms with Crippen LogP contribution in [0.25, 0.3) is 0 Å². The monoisotopic (exact) mass is 220 g/mol. The van der Waals surface area contributed by atoms with Gasteiger partial charge in [-0.05, 0) is 0 Å². The molecule has 0 aromatic heterocycles. The number of aliphatic carboxylic acids is 3. The molecule has 15 heavy (non-hydrogen) atoms. The largest absolute Gasteiger partial charge is 0.481 e. The average Bonchev–Trinajstić information content (AvgIpc) is 2.01. The first-order valence-corrected chi connectivity index (χ1v) is 3.67. The van der Waals surface area contributed by atoms with Gasteiger partial charge >= 0.3 is 17.9 Å². The molecular weight excluding hydrogens is 212 g/mol. The molecule has 0 fully saturated rings. The van der Waals surface area contributed by atoms with Gasteiger partial charge in [-0.15, -0.1) is 0 Å². The topological polar surface area (TPSA) is 149 Å². The fraction of sp³-hybridized carbons (Fsp3) is 0.429. The van der Waals surface area contributed by atoms with Crippen LogP contribution in [0.4, 0.5) is 0 Å². The van der Waals surface area contributed by atoms with Gasteiger partial charge in [-0.2, -0.15) is 0 Å². The zero-order chi connectivity index (χ0) is 12.2. The number of ketones is 1. The van der Waals surface area contributed by atoms with Gasteiger partial charge in [0.2, 0.25) is 0 Å². The summed E-state index contributed by atoms with van der Waals surface area (Å²) in [6.45, 7) is 0. The third-order valence-electron chi connectivity index (χ3n) is 1.53. The van der Waals surface area contributed by atoms with Crippen LogP contribution in [-0.2, 0) is 19.2 Å². The zero-order valence-electron chi connectivity index (χ0n) is 7.28. The van der Waals surface area contributed by atoms with Crippen LogP contribution in [0.5, 0.6) is 0 Å². The summed E-state index contributed by atoms with van der Waals surface area (Å²) in [5.74, 6) is -9.47. The highest BCUT2D eigenvalue weighted by atomic mass is 16.4. The molecule has 0 aromatic rings. The molecule has 2 atom stereocenters. The second-order valence-electron chi connectivity index (χ2n) is 2.65. The van der Waals surface area contributed by atoms with Crippen molar-refractivity contribution < 1.29 is 39.6 Å². The van der Waals surface area contributed by atoms with Crippen molar-refractivity contribution >= 4 is 23.7 Å². The molecule has 84 valence electrons. The third-order valence-corrected chi connectivity index (χ3v) is 1.53. The lowest BCUT2D eigenvalue weighted by atomic mass is 9.95. The Bertz CT molecular complexity index is 306. The number of carbonyl (C=O) groups is 4. The van der Waals surface area contributed by atoms with E-state index in [2.05, 4.69) is 0 Å². The van der Waals surface area contributed by atoms with Crippen molar-refractivity contribution in [1.82, 2.24) is 0 Å². The molecule has 0 spiro atoms. The van der Waals surface area contributed by atoms with Crippen molar-refractivity contribution in [2.45, 2.75) is 12.5 Å². The fourth-order valence-electron chi connectivity index (χ4n) is 0.881. The van der Waals surface area contributed by atoms with E-state index in [9.17, 15) is 19.2 Å². The lowest BCUT2D eigenvalue weighted by Gasteiger charge is -2.13. The van der Waals surface area contributed by atoms with Crippen molar-refractivity contribution in [3.63, 3.8) is 0 Å². The summed E-state index contributed by atoms with van der Waals surface area (Å²) in [6, 6.07) is 0. The summed E-state index contributed by atoms with van der Waals surface area (Å²) in [4.78, 5) is 41.5. The summed E-state index contributed by atoms with van der Waals surface area (Å²) < 4.78 is 0. The molecule has 0 bridgehead atoms. The van der Waals surface area contributed by atoms with Crippen LogP contribution in [0.15, 0.2) is 0 Å². The van der Waals surface area contributed by atoms with Crippen molar-refractivity contribution in [1.29, 1.82) is 0 Å². The molecular formula is C7H8O8. The number of aliphatic hydroxyl groups is 1. The van der Waals surface area contributed by atoms with E-state index in [1.54, 1.807) is 0 Å². The number of hydrogen-bond donors (Lipinski definition) is 4. The standard InChI is InChI=1S/C7H8O8/c8-2(1-3(9)10)4(6(12)13)5(11)7(14)15/h2,4,8H,1H2,(H,9,10)(H,12,13)(H,14,15). The molecule has 0 amide bonds. The normalized spacial score (nSPS) is 13.9. The Labute approximate surface area is 82.8 Å². The smallest absolute Gasteiger partial charge is 0.373 e. The van der Waals surface area contributed by atoms with Crippen LogP contribution in [0, 0.1) is 5.92 Å². The van der Waals surface area contributed by atoms with Crippen LogP contribution in [0.2, 0.25) is 0 Å². The van der Waals surface area contributed by atoms with E-state index in [4.69, 9.17) is 20.4 Å². The Morgan fingerprint density at radius 2 is 1.47 bits per heavy atom. The molecule has 0 aromatic carbocycles. The van der Waals surface area contributed by atoms with E-state index in [-0.39, 0.29) is 0 Å². The van der Waals surface area contributed by atoms with Gasteiger partial charge in [0.1, 0.15) is 0 Å². The highest BCUT2D eigenvalue weighted by molar-refractivity contribution is 6.37. The SMILES string of the molecule is O=C(O)CC(O)C(C(=O)O)C(=O)C(=O)O. The zero-order valence-corrected chi connectivity index (χ0v) is 7.28. The van der Waals surface area contributed by atoms with Crippen molar-refractivity contribution in [2.75, 3.05) is 0 Å². The number of aliphatic hydroxyl groups excluding tert-OH is 1. The van der Waals surface area contributed by atoms with Gasteiger partial charge in [0, 0.05) is 0 Å². The predicted molar refractivity (Wildman–Crippen MR) is 42.0 cm³/mol. The van der Waals surface area contributed by atoms with E-state index in [0.29, 0.717) is 0 Å². The van der Waals surface area contributed by atoms with Crippen molar-refractivity contribution in [3.05, 3.63) is 0 Å². The molecule has 0 aliphatic carbocycles. The predicted octanol–water partition coefficient (Wildman–Crippen LogP) is -1.82. The fourth-order valence-corrected chi connectivity index (χ4v) is 0.881. The van der Waals surface area contributed by atoms with E-state index >= 15 is 0 Å². The van der Waals surface area contributed by atoms with Crippen LogP contribution in [0.1, 0.15) is 6.42 Å². The first kappa shape index (κ1) is 13.0. The molecule has 0 radical (unpaired) electrons. The van der Waals surface area contributed by atoms with E-state index in [1.807, 2.05) is 0 Å². The molecule has 4 N–H and O–H groups in total. The van der Waals surface area contributed by atoms with Crippen molar-refractivity contribution in [2.24, 2.45) is 5.92 Å². The van der Waals surface area contributed by atoms with Crippen LogP contribution >= 0.6 is 0 Å². The maximum atomic E-state index is 10.8. The quantitative estimate of drug-likeness (QED) is 0.301. The van der Waals surface area contributed by atoms with Gasteiger partial charge in [-0.25, -0.2) is 4.79 Å². The molecule has 0 saturated carbocycles. The van der Waals surface area contributed by atoms with Crippen LogP contribution in [-0.4, -0.2) is 50.2 Å². The Kier molecular flexibility index (Phi) is 4.39. The Hall–Kier alpha value is -1.96. The Morgan fingerprint density at radius 3 is 1.73 bits per heavy atom. The molecule has 8 heteroatoms. The summed E-state index contributed by atoms with van der Waals surface area (Å²) in [5, 5.41) is 33.9. The second kappa shape index (κ2) is 5.05. The van der Waals surface area contributed by atoms with Crippen LogP contribution < -0.4 is 0 Å².